The monoisotopic (exact) mass is 394 g/mol. The fourth-order valence-electron chi connectivity index (χ4n) is 2.52. The van der Waals surface area contributed by atoms with Gasteiger partial charge in [-0.05, 0) is 44.7 Å². The largest absolute Gasteiger partial charge is 0.395 e. The molecule has 1 rings (SSSR count). The van der Waals surface area contributed by atoms with Crippen molar-refractivity contribution in [2.24, 2.45) is 5.41 Å². The maximum Gasteiger partial charge on any atom is 0.245 e. The smallest absolute Gasteiger partial charge is 0.245 e. The van der Waals surface area contributed by atoms with Crippen molar-refractivity contribution < 1.29 is 14.6 Å². The molecular formula is C21H34N2O3S. The highest BCUT2D eigenvalue weighted by atomic mass is 32.2. The third-order valence-corrected chi connectivity index (χ3v) is 6.33. The van der Waals surface area contributed by atoms with Gasteiger partial charge in [-0.3, -0.25) is 9.69 Å². The molecule has 0 aromatic rings. The van der Waals surface area contributed by atoms with Crippen LogP contribution in [0.3, 0.4) is 0 Å². The molecule has 1 amide bonds. The van der Waals surface area contributed by atoms with E-state index in [2.05, 4.69) is 29.1 Å². The highest BCUT2D eigenvalue weighted by molar-refractivity contribution is 8.06. The predicted octanol–water partition coefficient (Wildman–Crippen LogP) is 3.44. The van der Waals surface area contributed by atoms with Crippen molar-refractivity contribution in [3.63, 3.8) is 0 Å². The van der Waals surface area contributed by atoms with Gasteiger partial charge in [-0.2, -0.15) is 0 Å². The summed E-state index contributed by atoms with van der Waals surface area (Å²) in [6, 6.07) is 0.312. The van der Waals surface area contributed by atoms with Gasteiger partial charge in [0.05, 0.1) is 12.1 Å². The first-order valence-corrected chi connectivity index (χ1v) is 10.1. The number of aliphatic hydroxyl groups excluding tert-OH is 1. The topological polar surface area (TPSA) is 61.8 Å². The quantitative estimate of drug-likeness (QED) is 0.463. The van der Waals surface area contributed by atoms with E-state index in [1.54, 1.807) is 12.2 Å². The van der Waals surface area contributed by atoms with Gasteiger partial charge in [-0.1, -0.05) is 50.6 Å². The van der Waals surface area contributed by atoms with Crippen LogP contribution in [0, 0.1) is 5.41 Å². The molecule has 0 aromatic heterocycles. The Hall–Kier alpha value is -1.30. The van der Waals surface area contributed by atoms with Crippen LogP contribution in [-0.4, -0.2) is 54.4 Å². The molecular weight excluding hydrogens is 360 g/mol. The van der Waals surface area contributed by atoms with E-state index in [-0.39, 0.29) is 12.5 Å². The first-order valence-electron chi connectivity index (χ1n) is 9.24. The maximum absolute atomic E-state index is 13.0. The third kappa shape index (κ3) is 6.66. The molecule has 1 saturated heterocycles. The van der Waals surface area contributed by atoms with E-state index in [0.29, 0.717) is 11.1 Å². The first-order chi connectivity index (χ1) is 12.6. The van der Waals surface area contributed by atoms with Crippen LogP contribution in [0.15, 0.2) is 41.0 Å². The second-order valence-electron chi connectivity index (χ2n) is 7.91. The molecule has 0 aliphatic carbocycles. The zero-order chi connectivity index (χ0) is 20.7. The molecule has 1 aliphatic heterocycles. The van der Waals surface area contributed by atoms with E-state index in [0.717, 1.165) is 31.0 Å². The van der Waals surface area contributed by atoms with E-state index in [1.165, 1.54) is 11.8 Å². The SMILES string of the molecule is C=CC=C=C(NC(=O)C(C)(C)N(C)C1CCOCC1)SC(=C)C(C)(C)CO. The molecule has 0 saturated carbocycles. The number of amides is 1. The molecule has 5 nitrogen and oxygen atoms in total. The fraction of sp³-hybridized carbons (Fsp3) is 0.619. The molecule has 0 aromatic carbocycles. The number of nitrogens with zero attached hydrogens (tertiary/aromatic N) is 1. The van der Waals surface area contributed by atoms with Crippen LogP contribution in [0.1, 0.15) is 40.5 Å². The molecule has 1 fully saturated rings. The highest BCUT2D eigenvalue weighted by Crippen LogP contribution is 2.36. The number of ether oxygens (including phenoxy) is 1. The Morgan fingerprint density at radius 3 is 2.48 bits per heavy atom. The van der Waals surface area contributed by atoms with Crippen molar-refractivity contribution >= 4 is 17.7 Å². The van der Waals surface area contributed by atoms with Gasteiger partial charge in [0.2, 0.25) is 5.91 Å². The van der Waals surface area contributed by atoms with Crippen molar-refractivity contribution in [1.29, 1.82) is 0 Å². The van der Waals surface area contributed by atoms with Crippen LogP contribution < -0.4 is 5.32 Å². The van der Waals surface area contributed by atoms with Crippen LogP contribution in [0.2, 0.25) is 0 Å². The van der Waals surface area contributed by atoms with Crippen LogP contribution >= 0.6 is 11.8 Å². The van der Waals surface area contributed by atoms with Crippen molar-refractivity contribution in [1.82, 2.24) is 10.2 Å². The molecule has 0 spiro atoms. The average molecular weight is 395 g/mol. The lowest BCUT2D eigenvalue weighted by atomic mass is 9.95. The third-order valence-electron chi connectivity index (χ3n) is 5.11. The van der Waals surface area contributed by atoms with Gasteiger partial charge in [0.25, 0.3) is 0 Å². The normalized spacial score (nSPS) is 15.8. The van der Waals surface area contributed by atoms with Crippen LogP contribution in [0.4, 0.5) is 0 Å². The van der Waals surface area contributed by atoms with Crippen molar-refractivity contribution in [2.45, 2.75) is 52.1 Å². The van der Waals surface area contributed by atoms with E-state index in [9.17, 15) is 9.90 Å². The Labute approximate surface area is 168 Å². The number of thioether (sulfide) groups is 1. The van der Waals surface area contributed by atoms with Crippen molar-refractivity contribution in [2.75, 3.05) is 26.9 Å². The number of hydrogen-bond acceptors (Lipinski definition) is 5. The number of hydrogen-bond donors (Lipinski definition) is 2. The summed E-state index contributed by atoms with van der Waals surface area (Å²) in [4.78, 5) is 15.9. The van der Waals surface area contributed by atoms with E-state index >= 15 is 0 Å². The summed E-state index contributed by atoms with van der Waals surface area (Å²) in [5.41, 5.74) is 1.88. The zero-order valence-electron chi connectivity index (χ0n) is 17.3. The number of rotatable bonds is 9. The Balaban J connectivity index is 2.93. The van der Waals surface area contributed by atoms with Gasteiger partial charge in [0, 0.05) is 24.7 Å². The van der Waals surface area contributed by atoms with E-state index in [1.807, 2.05) is 34.7 Å². The highest BCUT2D eigenvalue weighted by Gasteiger charge is 2.37. The molecule has 2 N–H and O–H groups in total. The number of nitrogens with one attached hydrogen (secondary N) is 1. The Morgan fingerprint density at radius 2 is 1.96 bits per heavy atom. The molecule has 0 unspecified atom stereocenters. The Morgan fingerprint density at radius 1 is 1.37 bits per heavy atom. The molecule has 0 bridgehead atoms. The molecule has 6 heteroatoms. The molecule has 1 aliphatic rings. The summed E-state index contributed by atoms with van der Waals surface area (Å²) in [7, 11) is 1.99. The second kappa shape index (κ2) is 10.3. The first kappa shape index (κ1) is 23.7. The average Bonchev–Trinajstić information content (AvgIpc) is 2.65. The molecule has 0 radical (unpaired) electrons. The molecule has 27 heavy (non-hydrogen) atoms. The second-order valence-corrected chi connectivity index (χ2v) is 9.02. The van der Waals surface area contributed by atoms with Crippen LogP contribution in [0.5, 0.6) is 0 Å². The standard InChI is InChI=1S/C21H34N2O3S/c1-8-9-10-18(27-16(2)20(3,4)15-24)22-19(25)21(5,6)23(7)17-11-13-26-14-12-17/h8-9,17,24H,1-2,11-15H2,3-7H3,(H,22,25). The van der Waals surface area contributed by atoms with Crippen LogP contribution in [0.25, 0.3) is 0 Å². The minimum absolute atomic E-state index is 0.0246. The van der Waals surface area contributed by atoms with E-state index < -0.39 is 11.0 Å². The van der Waals surface area contributed by atoms with Gasteiger partial charge in [0.15, 0.2) is 0 Å². The number of carbonyl (C=O) groups excluding carboxylic acids is 1. The molecule has 152 valence electrons. The summed E-state index contributed by atoms with van der Waals surface area (Å²) in [6.45, 7) is 16.8. The molecule has 1 heterocycles. The minimum Gasteiger partial charge on any atom is -0.395 e. The lowest BCUT2D eigenvalue weighted by Gasteiger charge is -2.41. The number of allylic oxidation sites excluding steroid dienone is 2. The summed E-state index contributed by atoms with van der Waals surface area (Å²) < 4.78 is 5.43. The number of aliphatic hydroxyl groups is 1. The van der Waals surface area contributed by atoms with Gasteiger partial charge in [-0.15, -0.1) is 0 Å². The van der Waals surface area contributed by atoms with Gasteiger partial charge in [-0.25, -0.2) is 0 Å². The zero-order valence-corrected chi connectivity index (χ0v) is 18.1. The lowest BCUT2D eigenvalue weighted by molar-refractivity contribution is -0.132. The summed E-state index contributed by atoms with van der Waals surface area (Å²) >= 11 is 1.31. The van der Waals surface area contributed by atoms with E-state index in [4.69, 9.17) is 4.74 Å². The van der Waals surface area contributed by atoms with Crippen molar-refractivity contribution in [3.05, 3.63) is 41.0 Å². The van der Waals surface area contributed by atoms with Gasteiger partial charge >= 0.3 is 0 Å². The summed E-state index contributed by atoms with van der Waals surface area (Å²) in [5.74, 6) is -0.112. The maximum atomic E-state index is 13.0. The number of likely N-dealkylation sites (N-methyl/N-ethyl adjacent to an activating group) is 1. The summed E-state index contributed by atoms with van der Waals surface area (Å²) in [5, 5.41) is 13.1. The molecule has 0 atom stereocenters. The van der Waals surface area contributed by atoms with Crippen molar-refractivity contribution in [3.8, 4) is 0 Å². The Kier molecular flexibility index (Phi) is 9.06. The van der Waals surface area contributed by atoms with Crippen LogP contribution in [-0.2, 0) is 9.53 Å². The number of carbonyl (C=O) groups is 1. The van der Waals surface area contributed by atoms with Gasteiger partial charge < -0.3 is 15.2 Å². The Bertz CT molecular complexity index is 613. The predicted molar refractivity (Wildman–Crippen MR) is 113 cm³/mol. The summed E-state index contributed by atoms with van der Waals surface area (Å²) in [6.07, 6.45) is 5.09. The fourth-order valence-corrected chi connectivity index (χ4v) is 3.38. The lowest BCUT2D eigenvalue weighted by Crippen LogP contribution is -2.57. The van der Waals surface area contributed by atoms with Gasteiger partial charge in [0.1, 0.15) is 5.03 Å². The minimum atomic E-state index is -0.697.